The minimum Gasteiger partial charge on any atom is -0.480 e. The summed E-state index contributed by atoms with van der Waals surface area (Å²) in [5.74, 6) is -1.01. The van der Waals surface area contributed by atoms with Crippen LogP contribution in [0, 0.1) is 5.92 Å². The second kappa shape index (κ2) is 3.22. The molecule has 1 aromatic rings. The second-order valence-electron chi connectivity index (χ2n) is 3.31. The number of nitrogens with two attached hydrogens (primary N) is 1. The number of aliphatic carboxylic acids is 1. The molecule has 0 amide bonds. The highest BCUT2D eigenvalue weighted by Gasteiger charge is 2.42. The number of carboxylic acids is 1. The van der Waals surface area contributed by atoms with Crippen LogP contribution >= 0.6 is 0 Å². The minimum atomic E-state index is -1.43. The third-order valence-corrected chi connectivity index (χ3v) is 2.19. The molecule has 0 fully saturated rings. The van der Waals surface area contributed by atoms with Crippen LogP contribution in [-0.4, -0.2) is 11.1 Å². The molecule has 0 aliphatic carbocycles. The Balaban J connectivity index is 3.13. The van der Waals surface area contributed by atoms with Crippen LogP contribution in [0.25, 0.3) is 0 Å². The standard InChI is InChI=1S/C9H13NO3/c1-6(2)9(10,8(11)12)7-4-3-5-13-7/h3-6H,10H2,1-2H3,(H,11,12)/t9-/m0/s1. The van der Waals surface area contributed by atoms with E-state index in [0.29, 0.717) is 0 Å². The van der Waals surface area contributed by atoms with Crippen molar-refractivity contribution in [3.05, 3.63) is 24.2 Å². The van der Waals surface area contributed by atoms with Crippen molar-refractivity contribution < 1.29 is 14.3 Å². The first-order chi connectivity index (χ1) is 5.99. The van der Waals surface area contributed by atoms with Crippen LogP contribution in [-0.2, 0) is 10.3 Å². The third-order valence-electron chi connectivity index (χ3n) is 2.19. The minimum absolute atomic E-state index is 0.226. The molecule has 1 atom stereocenters. The van der Waals surface area contributed by atoms with Gasteiger partial charge in [0.1, 0.15) is 5.76 Å². The monoisotopic (exact) mass is 183 g/mol. The summed E-state index contributed by atoms with van der Waals surface area (Å²) < 4.78 is 5.02. The smallest absolute Gasteiger partial charge is 0.331 e. The molecule has 0 saturated carbocycles. The van der Waals surface area contributed by atoms with E-state index in [1.54, 1.807) is 26.0 Å². The molecule has 0 unspecified atom stereocenters. The van der Waals surface area contributed by atoms with Crippen LogP contribution in [0.1, 0.15) is 19.6 Å². The van der Waals surface area contributed by atoms with E-state index in [9.17, 15) is 4.79 Å². The summed E-state index contributed by atoms with van der Waals surface area (Å²) in [5.41, 5.74) is 4.33. The van der Waals surface area contributed by atoms with E-state index in [0.717, 1.165) is 0 Å². The highest BCUT2D eigenvalue weighted by atomic mass is 16.4. The Morgan fingerprint density at radius 1 is 1.69 bits per heavy atom. The van der Waals surface area contributed by atoms with Gasteiger partial charge in [-0.25, -0.2) is 4.79 Å². The van der Waals surface area contributed by atoms with Gasteiger partial charge in [0, 0.05) is 0 Å². The molecule has 1 aromatic heterocycles. The van der Waals surface area contributed by atoms with Gasteiger partial charge in [0.15, 0.2) is 5.54 Å². The van der Waals surface area contributed by atoms with Crippen molar-refractivity contribution in [3.63, 3.8) is 0 Å². The molecule has 1 heterocycles. The Bertz CT molecular complexity index is 292. The Kier molecular flexibility index (Phi) is 2.43. The normalized spacial score (nSPS) is 15.7. The van der Waals surface area contributed by atoms with Crippen molar-refractivity contribution in [1.29, 1.82) is 0 Å². The summed E-state index contributed by atoms with van der Waals surface area (Å²) in [6.07, 6.45) is 1.42. The first kappa shape index (κ1) is 9.80. The van der Waals surface area contributed by atoms with Crippen molar-refractivity contribution in [2.75, 3.05) is 0 Å². The average molecular weight is 183 g/mol. The molecule has 0 saturated heterocycles. The first-order valence-corrected chi connectivity index (χ1v) is 4.05. The SMILES string of the molecule is CC(C)[C@@](N)(C(=O)O)c1ccco1. The van der Waals surface area contributed by atoms with Gasteiger partial charge in [-0.05, 0) is 18.1 Å². The summed E-state index contributed by atoms with van der Waals surface area (Å²) >= 11 is 0. The van der Waals surface area contributed by atoms with Crippen molar-refractivity contribution in [1.82, 2.24) is 0 Å². The number of carboxylic acid groups (broad SMARTS) is 1. The van der Waals surface area contributed by atoms with Crippen LogP contribution in [0.3, 0.4) is 0 Å². The van der Waals surface area contributed by atoms with E-state index in [4.69, 9.17) is 15.3 Å². The Hall–Kier alpha value is -1.29. The molecule has 4 heteroatoms. The number of hydrogen-bond donors (Lipinski definition) is 2. The van der Waals surface area contributed by atoms with Crippen molar-refractivity contribution >= 4 is 5.97 Å². The molecule has 0 radical (unpaired) electrons. The zero-order valence-corrected chi connectivity index (χ0v) is 7.65. The summed E-state index contributed by atoms with van der Waals surface area (Å²) in [7, 11) is 0. The van der Waals surface area contributed by atoms with Gasteiger partial charge in [-0.3, -0.25) is 0 Å². The van der Waals surface area contributed by atoms with Gasteiger partial charge in [-0.2, -0.15) is 0 Å². The molecule has 0 aliphatic rings. The molecular weight excluding hydrogens is 170 g/mol. The zero-order chi connectivity index (χ0) is 10.1. The zero-order valence-electron chi connectivity index (χ0n) is 7.65. The summed E-state index contributed by atoms with van der Waals surface area (Å²) in [6.45, 7) is 3.49. The average Bonchev–Trinajstić information content (AvgIpc) is 2.54. The van der Waals surface area contributed by atoms with Gasteiger partial charge < -0.3 is 15.3 Å². The molecule has 0 bridgehead atoms. The lowest BCUT2D eigenvalue weighted by molar-refractivity contribution is -0.146. The number of hydrogen-bond acceptors (Lipinski definition) is 3. The van der Waals surface area contributed by atoms with Crippen LogP contribution in [0.2, 0.25) is 0 Å². The van der Waals surface area contributed by atoms with Gasteiger partial charge in [0.05, 0.1) is 6.26 Å². The van der Waals surface area contributed by atoms with E-state index in [2.05, 4.69) is 0 Å². The second-order valence-corrected chi connectivity index (χ2v) is 3.31. The predicted molar refractivity (Wildman–Crippen MR) is 47.0 cm³/mol. The maximum Gasteiger partial charge on any atom is 0.331 e. The number of rotatable bonds is 3. The van der Waals surface area contributed by atoms with Crippen molar-refractivity contribution in [2.24, 2.45) is 11.7 Å². The van der Waals surface area contributed by atoms with E-state index in [1.807, 2.05) is 0 Å². The predicted octanol–water partition coefficient (Wildman–Crippen LogP) is 1.17. The van der Waals surface area contributed by atoms with E-state index >= 15 is 0 Å². The topological polar surface area (TPSA) is 76.5 Å². The van der Waals surface area contributed by atoms with E-state index in [-0.39, 0.29) is 11.7 Å². The van der Waals surface area contributed by atoms with Crippen molar-refractivity contribution in [3.8, 4) is 0 Å². The molecule has 1 rings (SSSR count). The van der Waals surface area contributed by atoms with Crippen LogP contribution in [0.15, 0.2) is 22.8 Å². The lowest BCUT2D eigenvalue weighted by atomic mass is 9.85. The van der Waals surface area contributed by atoms with Crippen LogP contribution in [0.5, 0.6) is 0 Å². The van der Waals surface area contributed by atoms with Gasteiger partial charge >= 0.3 is 5.97 Å². The summed E-state index contributed by atoms with van der Waals surface area (Å²) in [4.78, 5) is 11.0. The molecule has 3 N–H and O–H groups in total. The third kappa shape index (κ3) is 1.45. The first-order valence-electron chi connectivity index (χ1n) is 4.05. The molecule has 0 aliphatic heterocycles. The Morgan fingerprint density at radius 2 is 2.31 bits per heavy atom. The van der Waals surface area contributed by atoms with E-state index < -0.39 is 11.5 Å². The van der Waals surface area contributed by atoms with E-state index in [1.165, 1.54) is 6.26 Å². The quantitative estimate of drug-likeness (QED) is 0.737. The van der Waals surface area contributed by atoms with Gasteiger partial charge in [-0.15, -0.1) is 0 Å². The maximum absolute atomic E-state index is 11.0. The molecule has 4 nitrogen and oxygen atoms in total. The molecular formula is C9H13NO3. The lowest BCUT2D eigenvalue weighted by Crippen LogP contribution is -2.49. The largest absolute Gasteiger partial charge is 0.480 e. The van der Waals surface area contributed by atoms with Crippen LogP contribution < -0.4 is 5.73 Å². The fourth-order valence-electron chi connectivity index (χ4n) is 1.15. The van der Waals surface area contributed by atoms with Crippen molar-refractivity contribution in [2.45, 2.75) is 19.4 Å². The van der Waals surface area contributed by atoms with Gasteiger partial charge in [0.25, 0.3) is 0 Å². The summed E-state index contributed by atoms with van der Waals surface area (Å²) in [5, 5.41) is 8.99. The van der Waals surface area contributed by atoms with Gasteiger partial charge in [-0.1, -0.05) is 13.8 Å². The summed E-state index contributed by atoms with van der Waals surface area (Å²) in [6, 6.07) is 3.20. The fraction of sp³-hybridized carbons (Fsp3) is 0.444. The number of carbonyl (C=O) groups is 1. The highest BCUT2D eigenvalue weighted by molar-refractivity contribution is 5.79. The highest BCUT2D eigenvalue weighted by Crippen LogP contribution is 2.27. The van der Waals surface area contributed by atoms with Crippen LogP contribution in [0.4, 0.5) is 0 Å². The van der Waals surface area contributed by atoms with Gasteiger partial charge in [0.2, 0.25) is 0 Å². The molecule has 13 heavy (non-hydrogen) atoms. The Labute approximate surface area is 76.3 Å². The fourth-order valence-corrected chi connectivity index (χ4v) is 1.15. The maximum atomic E-state index is 11.0. The molecule has 72 valence electrons. The molecule has 0 aromatic carbocycles. The Morgan fingerprint density at radius 3 is 2.62 bits per heavy atom. The number of furan rings is 1. The lowest BCUT2D eigenvalue weighted by Gasteiger charge is -2.26. The molecule has 0 spiro atoms.